The van der Waals surface area contributed by atoms with Crippen LogP contribution in [0.15, 0.2) is 48.8 Å². The number of nitrogens with zero attached hydrogens (tertiary/aromatic N) is 1. The number of carbonyl (C=O) groups is 1. The highest BCUT2D eigenvalue weighted by molar-refractivity contribution is 5.77. The first-order chi connectivity index (χ1) is 9.20. The number of methoxy groups -OCH3 is 1. The Morgan fingerprint density at radius 2 is 1.89 bits per heavy atom. The normalized spacial score (nSPS) is 12.1. The summed E-state index contributed by atoms with van der Waals surface area (Å²) in [5, 5.41) is 2.88. The topological polar surface area (TPSA) is 43.3 Å². The number of amides is 1. The molecule has 4 nitrogen and oxygen atoms in total. The molecule has 19 heavy (non-hydrogen) atoms. The average molecular weight is 258 g/mol. The van der Waals surface area contributed by atoms with Gasteiger partial charge in [0.25, 0.3) is 0 Å². The molecule has 0 fully saturated rings. The van der Waals surface area contributed by atoms with Gasteiger partial charge in [-0.05, 0) is 36.8 Å². The van der Waals surface area contributed by atoms with E-state index in [1.165, 1.54) is 7.11 Å². The van der Waals surface area contributed by atoms with Gasteiger partial charge in [-0.1, -0.05) is 12.1 Å². The summed E-state index contributed by atoms with van der Waals surface area (Å²) in [6, 6.07) is 12.1. The van der Waals surface area contributed by atoms with Crippen molar-refractivity contribution in [1.82, 2.24) is 9.88 Å². The van der Waals surface area contributed by atoms with Crippen molar-refractivity contribution in [3.8, 4) is 5.69 Å². The Labute approximate surface area is 113 Å². The van der Waals surface area contributed by atoms with Crippen molar-refractivity contribution in [2.24, 2.45) is 0 Å². The van der Waals surface area contributed by atoms with E-state index in [0.717, 1.165) is 11.3 Å². The second kappa shape index (κ2) is 6.20. The van der Waals surface area contributed by atoms with Crippen molar-refractivity contribution in [3.05, 3.63) is 54.4 Å². The fourth-order valence-electron chi connectivity index (χ4n) is 1.94. The zero-order chi connectivity index (χ0) is 13.7. The lowest BCUT2D eigenvalue weighted by atomic mass is 10.1. The maximum atomic E-state index is 11.4. The second-order valence-electron chi connectivity index (χ2n) is 4.40. The molecule has 1 heterocycles. The Balaban J connectivity index is 2.04. The third kappa shape index (κ3) is 3.45. The molecule has 0 unspecified atom stereocenters. The van der Waals surface area contributed by atoms with Gasteiger partial charge in [-0.2, -0.15) is 0 Å². The molecule has 4 heteroatoms. The van der Waals surface area contributed by atoms with Gasteiger partial charge in [-0.3, -0.25) is 4.79 Å². The van der Waals surface area contributed by atoms with Crippen LogP contribution in [0.3, 0.4) is 0 Å². The number of hydrogen-bond donors (Lipinski definition) is 1. The summed E-state index contributed by atoms with van der Waals surface area (Å²) in [4.78, 5) is 11.4. The minimum absolute atomic E-state index is 0.0265. The van der Waals surface area contributed by atoms with E-state index in [2.05, 4.69) is 5.32 Å². The number of nitrogens with one attached hydrogen (secondary N) is 1. The van der Waals surface area contributed by atoms with Crippen LogP contribution in [0.25, 0.3) is 5.69 Å². The predicted molar refractivity (Wildman–Crippen MR) is 74.2 cm³/mol. The molecule has 1 N–H and O–H groups in total. The average Bonchev–Trinajstić information content (AvgIpc) is 2.93. The lowest BCUT2D eigenvalue weighted by Gasteiger charge is -2.14. The molecule has 1 aromatic carbocycles. The van der Waals surface area contributed by atoms with Crippen LogP contribution in [-0.4, -0.2) is 24.2 Å². The Morgan fingerprint density at radius 1 is 1.26 bits per heavy atom. The molecule has 0 saturated heterocycles. The van der Waals surface area contributed by atoms with Crippen LogP contribution in [0.5, 0.6) is 0 Å². The summed E-state index contributed by atoms with van der Waals surface area (Å²) in [7, 11) is 1.51. The highest BCUT2D eigenvalue weighted by atomic mass is 16.5. The maximum Gasteiger partial charge on any atom is 0.246 e. The van der Waals surface area contributed by atoms with Gasteiger partial charge in [0.1, 0.15) is 6.61 Å². The molecule has 1 amide bonds. The summed E-state index contributed by atoms with van der Waals surface area (Å²) in [5.41, 5.74) is 2.17. The summed E-state index contributed by atoms with van der Waals surface area (Å²) < 4.78 is 6.83. The summed E-state index contributed by atoms with van der Waals surface area (Å²) >= 11 is 0. The van der Waals surface area contributed by atoms with E-state index in [1.807, 2.05) is 60.3 Å². The quantitative estimate of drug-likeness (QED) is 0.894. The molecule has 0 saturated carbocycles. The van der Waals surface area contributed by atoms with Crippen LogP contribution in [0.2, 0.25) is 0 Å². The van der Waals surface area contributed by atoms with Gasteiger partial charge in [0.15, 0.2) is 0 Å². The molecule has 0 bridgehead atoms. The first-order valence-corrected chi connectivity index (χ1v) is 6.22. The third-order valence-electron chi connectivity index (χ3n) is 2.95. The van der Waals surface area contributed by atoms with E-state index in [1.54, 1.807) is 0 Å². The summed E-state index contributed by atoms with van der Waals surface area (Å²) in [5.74, 6) is -0.107. The molecule has 1 atom stereocenters. The number of ether oxygens (including phenoxy) is 1. The zero-order valence-electron chi connectivity index (χ0n) is 11.2. The Hall–Kier alpha value is -2.07. The standard InChI is InChI=1S/C15H18N2O2/c1-12(16-15(18)11-19-2)13-5-7-14(8-6-13)17-9-3-4-10-17/h3-10,12H,11H2,1-2H3,(H,16,18)/t12-/m1/s1. The zero-order valence-corrected chi connectivity index (χ0v) is 11.2. The smallest absolute Gasteiger partial charge is 0.246 e. The molecular formula is C15H18N2O2. The number of rotatable bonds is 5. The highest BCUT2D eigenvalue weighted by Gasteiger charge is 2.09. The first-order valence-electron chi connectivity index (χ1n) is 6.22. The molecule has 0 spiro atoms. The Bertz CT molecular complexity index is 518. The van der Waals surface area contributed by atoms with Gasteiger partial charge in [0, 0.05) is 25.2 Å². The minimum atomic E-state index is -0.107. The van der Waals surface area contributed by atoms with Crippen LogP contribution in [0.1, 0.15) is 18.5 Å². The number of aromatic nitrogens is 1. The van der Waals surface area contributed by atoms with Gasteiger partial charge < -0.3 is 14.6 Å². The first kappa shape index (κ1) is 13.4. The van der Waals surface area contributed by atoms with Crippen molar-refractivity contribution in [2.45, 2.75) is 13.0 Å². The van der Waals surface area contributed by atoms with E-state index in [0.29, 0.717) is 0 Å². The molecular weight excluding hydrogens is 240 g/mol. The number of carbonyl (C=O) groups excluding carboxylic acids is 1. The van der Waals surface area contributed by atoms with Gasteiger partial charge in [-0.25, -0.2) is 0 Å². The lowest BCUT2D eigenvalue weighted by Crippen LogP contribution is -2.29. The van der Waals surface area contributed by atoms with Gasteiger partial charge >= 0.3 is 0 Å². The SMILES string of the molecule is COCC(=O)N[C@H](C)c1ccc(-n2cccc2)cc1. The lowest BCUT2D eigenvalue weighted by molar-refractivity contribution is -0.125. The Morgan fingerprint density at radius 3 is 2.47 bits per heavy atom. The van der Waals surface area contributed by atoms with Crippen molar-refractivity contribution in [3.63, 3.8) is 0 Å². The molecule has 2 aromatic rings. The summed E-state index contributed by atoms with van der Waals surface area (Å²) in [6.07, 6.45) is 4.00. The van der Waals surface area contributed by atoms with E-state index < -0.39 is 0 Å². The van der Waals surface area contributed by atoms with Crippen molar-refractivity contribution < 1.29 is 9.53 Å². The minimum Gasteiger partial charge on any atom is -0.375 e. The van der Waals surface area contributed by atoms with E-state index in [4.69, 9.17) is 4.74 Å². The van der Waals surface area contributed by atoms with Gasteiger partial charge in [0.2, 0.25) is 5.91 Å². The molecule has 0 aliphatic rings. The number of hydrogen-bond acceptors (Lipinski definition) is 2. The van der Waals surface area contributed by atoms with Crippen LogP contribution in [-0.2, 0) is 9.53 Å². The molecule has 2 rings (SSSR count). The van der Waals surface area contributed by atoms with Crippen molar-refractivity contribution >= 4 is 5.91 Å². The second-order valence-corrected chi connectivity index (χ2v) is 4.40. The van der Waals surface area contributed by atoms with E-state index in [9.17, 15) is 4.79 Å². The number of benzene rings is 1. The van der Waals surface area contributed by atoms with E-state index >= 15 is 0 Å². The summed E-state index contributed by atoms with van der Waals surface area (Å²) in [6.45, 7) is 2.05. The van der Waals surface area contributed by atoms with Gasteiger partial charge in [-0.15, -0.1) is 0 Å². The van der Waals surface area contributed by atoms with Crippen LogP contribution in [0.4, 0.5) is 0 Å². The predicted octanol–water partition coefficient (Wildman–Crippen LogP) is 2.30. The monoisotopic (exact) mass is 258 g/mol. The van der Waals surface area contributed by atoms with Crippen molar-refractivity contribution in [2.75, 3.05) is 13.7 Å². The van der Waals surface area contributed by atoms with Crippen molar-refractivity contribution in [1.29, 1.82) is 0 Å². The van der Waals surface area contributed by atoms with Crippen LogP contribution >= 0.6 is 0 Å². The fraction of sp³-hybridized carbons (Fsp3) is 0.267. The van der Waals surface area contributed by atoms with Crippen LogP contribution < -0.4 is 5.32 Å². The third-order valence-corrected chi connectivity index (χ3v) is 2.95. The Kier molecular flexibility index (Phi) is 4.36. The molecule has 0 radical (unpaired) electrons. The molecule has 0 aliphatic heterocycles. The van der Waals surface area contributed by atoms with Gasteiger partial charge in [0.05, 0.1) is 6.04 Å². The van der Waals surface area contributed by atoms with E-state index in [-0.39, 0.29) is 18.6 Å². The molecule has 100 valence electrons. The fourth-order valence-corrected chi connectivity index (χ4v) is 1.94. The molecule has 1 aromatic heterocycles. The largest absolute Gasteiger partial charge is 0.375 e. The highest BCUT2D eigenvalue weighted by Crippen LogP contribution is 2.15. The molecule has 0 aliphatic carbocycles. The van der Waals surface area contributed by atoms with Crippen LogP contribution in [0, 0.1) is 0 Å². The maximum absolute atomic E-state index is 11.4.